The van der Waals surface area contributed by atoms with E-state index in [0.29, 0.717) is 0 Å². The molecule has 2 aromatic rings. The molecule has 0 fully saturated rings. The van der Waals surface area contributed by atoms with E-state index in [1.54, 1.807) is 0 Å². The van der Waals surface area contributed by atoms with Crippen LogP contribution in [-0.2, 0) is 13.0 Å². The molecule has 1 N–H and O–H groups in total. The van der Waals surface area contributed by atoms with Crippen LogP contribution in [0.3, 0.4) is 0 Å². The van der Waals surface area contributed by atoms with Crippen molar-refractivity contribution in [1.82, 2.24) is 15.1 Å². The lowest BCUT2D eigenvalue weighted by Gasteiger charge is -2.02. The third kappa shape index (κ3) is 2.31. The van der Waals surface area contributed by atoms with Gasteiger partial charge in [0.2, 0.25) is 0 Å². The molecule has 0 saturated carbocycles. The summed E-state index contributed by atoms with van der Waals surface area (Å²) < 4.78 is 1.91. The summed E-state index contributed by atoms with van der Waals surface area (Å²) in [7, 11) is 1.94. The van der Waals surface area contributed by atoms with Crippen LogP contribution in [0.25, 0.3) is 5.69 Å². The third-order valence-electron chi connectivity index (χ3n) is 2.63. The molecular formula is C13H17N3. The molecule has 1 aromatic heterocycles. The van der Waals surface area contributed by atoms with Crippen molar-refractivity contribution in [2.45, 2.75) is 19.9 Å². The molecule has 0 spiro atoms. The molecule has 0 atom stereocenters. The summed E-state index contributed by atoms with van der Waals surface area (Å²) in [6, 6.07) is 8.51. The number of rotatable bonds is 4. The van der Waals surface area contributed by atoms with E-state index in [4.69, 9.17) is 0 Å². The molecule has 0 amide bonds. The highest BCUT2D eigenvalue weighted by molar-refractivity contribution is 5.34. The predicted octanol–water partition coefficient (Wildman–Crippen LogP) is 2.15. The molecule has 0 aliphatic heterocycles. The largest absolute Gasteiger partial charge is 0.316 e. The highest BCUT2D eigenvalue weighted by Crippen LogP contribution is 2.10. The highest BCUT2D eigenvalue weighted by Gasteiger charge is 1.99. The first-order chi connectivity index (χ1) is 7.83. The lowest BCUT2D eigenvalue weighted by atomic mass is 10.1. The van der Waals surface area contributed by atoms with E-state index in [-0.39, 0.29) is 0 Å². The second-order valence-corrected chi connectivity index (χ2v) is 3.84. The number of aromatic nitrogens is 2. The third-order valence-corrected chi connectivity index (χ3v) is 2.63. The lowest BCUT2D eigenvalue weighted by molar-refractivity contribution is 0.816. The van der Waals surface area contributed by atoms with Crippen molar-refractivity contribution in [2.24, 2.45) is 0 Å². The van der Waals surface area contributed by atoms with Gasteiger partial charge in [-0.15, -0.1) is 0 Å². The fraction of sp³-hybridized carbons (Fsp3) is 0.308. The maximum Gasteiger partial charge on any atom is 0.0645 e. The van der Waals surface area contributed by atoms with Crippen LogP contribution in [0.5, 0.6) is 0 Å². The number of benzene rings is 1. The summed E-state index contributed by atoms with van der Waals surface area (Å²) in [4.78, 5) is 0. The van der Waals surface area contributed by atoms with Crippen LogP contribution in [0.2, 0.25) is 0 Å². The van der Waals surface area contributed by atoms with Crippen molar-refractivity contribution in [3.63, 3.8) is 0 Å². The normalized spacial score (nSPS) is 10.6. The van der Waals surface area contributed by atoms with Gasteiger partial charge in [-0.1, -0.05) is 19.1 Å². The van der Waals surface area contributed by atoms with E-state index in [1.807, 2.05) is 17.9 Å². The smallest absolute Gasteiger partial charge is 0.0645 e. The number of aryl methyl sites for hydroxylation is 1. The Hall–Kier alpha value is -1.61. The Kier molecular flexibility index (Phi) is 3.37. The van der Waals surface area contributed by atoms with Gasteiger partial charge >= 0.3 is 0 Å². The molecule has 3 heteroatoms. The highest BCUT2D eigenvalue weighted by atomic mass is 15.3. The number of nitrogens with zero attached hydrogens (tertiary/aromatic N) is 2. The SMILES string of the molecule is CCc1ccc(-n2cc(CNC)cn2)cc1. The molecule has 0 saturated heterocycles. The van der Waals surface area contributed by atoms with Crippen molar-refractivity contribution >= 4 is 0 Å². The van der Waals surface area contributed by atoms with Crippen molar-refractivity contribution in [3.8, 4) is 5.69 Å². The first-order valence-corrected chi connectivity index (χ1v) is 5.61. The average Bonchev–Trinajstić information content (AvgIpc) is 2.78. The first-order valence-electron chi connectivity index (χ1n) is 5.61. The van der Waals surface area contributed by atoms with E-state index < -0.39 is 0 Å². The Bertz CT molecular complexity index is 442. The molecule has 2 rings (SSSR count). The summed E-state index contributed by atoms with van der Waals surface area (Å²) >= 11 is 0. The minimum atomic E-state index is 0.854. The topological polar surface area (TPSA) is 29.9 Å². The molecule has 0 aliphatic carbocycles. The zero-order valence-electron chi connectivity index (χ0n) is 9.77. The Morgan fingerprint density at radius 3 is 2.56 bits per heavy atom. The Balaban J connectivity index is 2.21. The lowest BCUT2D eigenvalue weighted by Crippen LogP contribution is -2.03. The van der Waals surface area contributed by atoms with E-state index in [1.165, 1.54) is 11.1 Å². The van der Waals surface area contributed by atoms with Gasteiger partial charge in [0.15, 0.2) is 0 Å². The second kappa shape index (κ2) is 4.94. The van der Waals surface area contributed by atoms with Crippen LogP contribution in [0.15, 0.2) is 36.7 Å². The van der Waals surface area contributed by atoms with Crippen molar-refractivity contribution in [1.29, 1.82) is 0 Å². The quantitative estimate of drug-likeness (QED) is 0.847. The summed E-state index contributed by atoms with van der Waals surface area (Å²) in [5.41, 5.74) is 3.66. The standard InChI is InChI=1S/C13H17N3/c1-3-11-4-6-13(7-5-11)16-10-12(8-14-2)9-15-16/h4-7,9-10,14H,3,8H2,1-2H3. The Morgan fingerprint density at radius 1 is 1.19 bits per heavy atom. The first kappa shape index (κ1) is 10.9. The predicted molar refractivity (Wildman–Crippen MR) is 65.7 cm³/mol. The van der Waals surface area contributed by atoms with Crippen LogP contribution in [-0.4, -0.2) is 16.8 Å². The van der Waals surface area contributed by atoms with Crippen molar-refractivity contribution in [2.75, 3.05) is 7.05 Å². The Labute approximate surface area is 96.1 Å². The zero-order valence-corrected chi connectivity index (χ0v) is 9.77. The minimum Gasteiger partial charge on any atom is -0.316 e. The summed E-state index contributed by atoms with van der Waals surface area (Å²) in [6.07, 6.45) is 5.02. The van der Waals surface area contributed by atoms with E-state index in [9.17, 15) is 0 Å². The van der Waals surface area contributed by atoms with Crippen molar-refractivity contribution < 1.29 is 0 Å². The molecule has 3 nitrogen and oxygen atoms in total. The molecule has 0 bridgehead atoms. The molecule has 1 aromatic carbocycles. The molecule has 0 unspecified atom stereocenters. The monoisotopic (exact) mass is 215 g/mol. The van der Waals surface area contributed by atoms with Gasteiger partial charge in [-0.2, -0.15) is 5.10 Å². The van der Waals surface area contributed by atoms with E-state index in [2.05, 4.69) is 47.8 Å². The van der Waals surface area contributed by atoms with Gasteiger partial charge in [0.1, 0.15) is 0 Å². The van der Waals surface area contributed by atoms with E-state index in [0.717, 1.165) is 18.7 Å². The second-order valence-electron chi connectivity index (χ2n) is 3.84. The van der Waals surface area contributed by atoms with Gasteiger partial charge in [0.05, 0.1) is 11.9 Å². The number of nitrogens with one attached hydrogen (secondary N) is 1. The zero-order chi connectivity index (χ0) is 11.4. The molecule has 16 heavy (non-hydrogen) atoms. The van der Waals surface area contributed by atoms with Crippen LogP contribution >= 0.6 is 0 Å². The summed E-state index contributed by atoms with van der Waals surface area (Å²) in [5.74, 6) is 0. The number of hydrogen-bond acceptors (Lipinski definition) is 2. The molecular weight excluding hydrogens is 198 g/mol. The molecule has 0 radical (unpaired) electrons. The fourth-order valence-corrected chi connectivity index (χ4v) is 1.68. The van der Waals surface area contributed by atoms with Gasteiger partial charge in [-0.3, -0.25) is 0 Å². The van der Waals surface area contributed by atoms with E-state index >= 15 is 0 Å². The summed E-state index contributed by atoms with van der Waals surface area (Å²) in [5, 5.41) is 7.45. The molecule has 1 heterocycles. The Morgan fingerprint density at radius 2 is 1.94 bits per heavy atom. The molecule has 84 valence electrons. The van der Waals surface area contributed by atoms with Gasteiger partial charge < -0.3 is 5.32 Å². The number of hydrogen-bond donors (Lipinski definition) is 1. The van der Waals surface area contributed by atoms with Gasteiger partial charge in [-0.25, -0.2) is 4.68 Å². The summed E-state index contributed by atoms with van der Waals surface area (Å²) in [6.45, 7) is 3.01. The van der Waals surface area contributed by atoms with Crippen LogP contribution < -0.4 is 5.32 Å². The van der Waals surface area contributed by atoms with Gasteiger partial charge in [-0.05, 0) is 31.2 Å². The van der Waals surface area contributed by atoms with Crippen LogP contribution in [0.1, 0.15) is 18.1 Å². The van der Waals surface area contributed by atoms with Gasteiger partial charge in [0, 0.05) is 18.3 Å². The van der Waals surface area contributed by atoms with Crippen molar-refractivity contribution in [3.05, 3.63) is 47.8 Å². The average molecular weight is 215 g/mol. The maximum absolute atomic E-state index is 4.34. The van der Waals surface area contributed by atoms with Crippen LogP contribution in [0.4, 0.5) is 0 Å². The van der Waals surface area contributed by atoms with Crippen LogP contribution in [0, 0.1) is 0 Å². The fourth-order valence-electron chi connectivity index (χ4n) is 1.68. The molecule has 0 aliphatic rings. The van der Waals surface area contributed by atoms with Gasteiger partial charge in [0.25, 0.3) is 0 Å². The minimum absolute atomic E-state index is 0.854. The maximum atomic E-state index is 4.34.